The summed E-state index contributed by atoms with van der Waals surface area (Å²) in [4.78, 5) is 178. The second kappa shape index (κ2) is 62.4. The number of nitrogens with two attached hydrogens (primary N) is 1. The first-order valence-corrected chi connectivity index (χ1v) is 45.8. The van der Waals surface area contributed by atoms with Gasteiger partial charge in [0.05, 0.1) is 72.0 Å². The van der Waals surface area contributed by atoms with Crippen LogP contribution in [0.2, 0.25) is 0 Å². The van der Waals surface area contributed by atoms with Crippen molar-refractivity contribution in [1.29, 1.82) is 0 Å². The molecule has 11 amide bonds. The smallest absolute Gasteiger partial charge is 0.242 e. The van der Waals surface area contributed by atoms with E-state index in [1.165, 1.54) is 68.3 Å². The van der Waals surface area contributed by atoms with Crippen LogP contribution in [-0.4, -0.2) is 299 Å². The van der Waals surface area contributed by atoms with Gasteiger partial charge in [-0.3, -0.25) is 52.7 Å². The molecule has 26 nitrogen and oxygen atoms in total. The number of nitrogens with zero attached hydrogens (tertiary/aromatic N) is 10. The summed E-state index contributed by atoms with van der Waals surface area (Å²) in [6, 6.07) is 57.3. The molecule has 682 valence electrons. The van der Waals surface area contributed by atoms with Crippen molar-refractivity contribution in [2.24, 2.45) is 5.73 Å². The Kier molecular flexibility index (Phi) is 51.5. The van der Waals surface area contributed by atoms with Crippen molar-refractivity contribution in [1.82, 2.24) is 70.3 Å². The van der Waals surface area contributed by atoms with Crippen molar-refractivity contribution < 1.29 is 52.7 Å². The summed E-state index contributed by atoms with van der Waals surface area (Å²) in [7, 11) is 5.26. The normalized spacial score (nSPS) is 11.0. The highest BCUT2D eigenvalue weighted by atomic mass is 16.2. The fourth-order valence-corrected chi connectivity index (χ4v) is 14.8. The molecule has 0 radical (unpaired) electrons. The monoisotopic (exact) mass is 1720 g/mol. The Morgan fingerprint density at radius 1 is 0.224 bits per heavy atom. The molecule has 0 aliphatic carbocycles. The fraction of sp³-hybridized carbons (Fsp3) is 0.525. The molecule has 0 spiro atoms. The predicted molar refractivity (Wildman–Crippen MR) is 496 cm³/mol. The number of benzene rings is 6. The molecular formula is C99H145N15O11. The van der Waals surface area contributed by atoms with Crippen molar-refractivity contribution in [3.63, 3.8) is 0 Å². The number of likely N-dealkylation sites (N-methyl/N-ethyl adjacent to an activating group) is 3. The lowest BCUT2D eigenvalue weighted by Gasteiger charge is -2.33. The van der Waals surface area contributed by atoms with Crippen molar-refractivity contribution in [2.75, 3.05) is 185 Å². The first kappa shape index (κ1) is 103. The van der Waals surface area contributed by atoms with Gasteiger partial charge in [-0.05, 0) is 106 Å². The molecule has 0 saturated heterocycles. The van der Waals surface area contributed by atoms with E-state index < -0.39 is 105 Å². The maximum absolute atomic E-state index is 15.5. The number of hydrogen-bond acceptors (Lipinski definition) is 15. The van der Waals surface area contributed by atoms with Gasteiger partial charge in [0.15, 0.2) is 0 Å². The molecule has 6 rings (SSSR count). The van der Waals surface area contributed by atoms with Crippen LogP contribution in [0.15, 0.2) is 182 Å². The Hall–Kier alpha value is -10.7. The summed E-state index contributed by atoms with van der Waals surface area (Å²) < 4.78 is 0. The third kappa shape index (κ3) is 42.7. The summed E-state index contributed by atoms with van der Waals surface area (Å²) in [5.74, 6) is -5.62. The maximum atomic E-state index is 15.5. The molecule has 0 saturated carbocycles. The van der Waals surface area contributed by atoms with Crippen LogP contribution in [0.5, 0.6) is 0 Å². The van der Waals surface area contributed by atoms with Crippen LogP contribution in [0.25, 0.3) is 0 Å². The third-order valence-corrected chi connectivity index (χ3v) is 22.5. The Balaban J connectivity index is 1.29. The minimum atomic E-state index is -0.657. The molecule has 0 aromatic heterocycles. The molecular weight excluding hydrogens is 1580 g/mol. The van der Waals surface area contributed by atoms with E-state index in [4.69, 9.17) is 5.73 Å². The van der Waals surface area contributed by atoms with Gasteiger partial charge in [0.2, 0.25) is 65.0 Å². The van der Waals surface area contributed by atoms with Crippen LogP contribution >= 0.6 is 0 Å². The van der Waals surface area contributed by atoms with Crippen LogP contribution in [0.3, 0.4) is 0 Å². The highest BCUT2D eigenvalue weighted by Crippen LogP contribution is 2.17. The standard InChI is InChI=1S/C99H145N15O11/c1-6-8-10-12-14-16-18-38-62-105(73-89(100)115)91(117)74-106(63-39-19-17-15-13-11-9-7-2)92(118)76-108(65-53-84-42-28-21-29-43-84)94(120)77-109(66-54-85-44-30-22-31-45-85)96(122)82-114(71-61-103-5)99(125)80-112(69-57-88-50-36-25-37-51-88)95(121)78-110(67-55-86-46-32-23-33-47-86)97(123)81-113(70-60-102-4)98(124)79-111(68-56-87-48-34-24-35-49-87)93(119)75-107(90(116)72-104-59-58-101-3)64-52-83-40-26-20-27-41-83/h20-37,40-51,101-104H,6-19,38-39,52-82H2,1-5H3,(H2,100,115). The van der Waals surface area contributed by atoms with Crippen LogP contribution in [0, 0.1) is 0 Å². The average molecular weight is 1720 g/mol. The van der Waals surface area contributed by atoms with Gasteiger partial charge in [-0.25, -0.2) is 0 Å². The second-order valence-corrected chi connectivity index (χ2v) is 32.5. The van der Waals surface area contributed by atoms with Gasteiger partial charge in [0.25, 0.3) is 0 Å². The topological polar surface area (TPSA) is 294 Å². The van der Waals surface area contributed by atoms with Crippen LogP contribution in [-0.2, 0) is 91.3 Å². The first-order valence-electron chi connectivity index (χ1n) is 45.8. The molecule has 0 aliphatic heterocycles. The zero-order valence-electron chi connectivity index (χ0n) is 75.6. The SMILES string of the molecule is CCCCCCCCCCN(CC(N)=O)C(=O)CN(CCCCCCCCCC)C(=O)CN(CCc1ccccc1)C(=O)CN(CCc1ccccc1)C(=O)CN(CCNC)C(=O)CN(CCc1ccccc1)C(=O)CN(CCc1ccccc1)C(=O)CN(CCNC)C(=O)CN(CCc1ccccc1)C(=O)CN(CCc1ccccc1)C(=O)CNCCNC. The number of carbonyl (C=O) groups is 11. The number of rotatable bonds is 67. The molecule has 26 heteroatoms. The van der Waals surface area contributed by atoms with E-state index in [1.807, 2.05) is 189 Å². The quantitative estimate of drug-likeness (QED) is 0.0223. The maximum Gasteiger partial charge on any atom is 0.242 e. The highest BCUT2D eigenvalue weighted by Gasteiger charge is 2.33. The van der Waals surface area contributed by atoms with E-state index >= 15 is 33.6 Å². The van der Waals surface area contributed by atoms with Gasteiger partial charge < -0.3 is 76.0 Å². The average Bonchev–Trinajstić information content (AvgIpc) is 0.853. The van der Waals surface area contributed by atoms with E-state index in [-0.39, 0.29) is 104 Å². The third-order valence-electron chi connectivity index (χ3n) is 22.5. The van der Waals surface area contributed by atoms with E-state index in [0.29, 0.717) is 71.0 Å². The van der Waals surface area contributed by atoms with Gasteiger partial charge in [0.1, 0.15) is 0 Å². The van der Waals surface area contributed by atoms with Crippen molar-refractivity contribution in [3.8, 4) is 0 Å². The van der Waals surface area contributed by atoms with Crippen LogP contribution in [0.4, 0.5) is 0 Å². The lowest BCUT2D eigenvalue weighted by molar-refractivity contribution is -0.149. The Morgan fingerprint density at radius 3 is 0.632 bits per heavy atom. The number of nitrogens with one attached hydrogen (secondary N) is 4. The van der Waals surface area contributed by atoms with Crippen LogP contribution < -0.4 is 27.0 Å². The number of amides is 11. The van der Waals surface area contributed by atoms with E-state index in [9.17, 15) is 19.2 Å². The molecule has 0 heterocycles. The van der Waals surface area contributed by atoms with Gasteiger partial charge >= 0.3 is 0 Å². The zero-order valence-corrected chi connectivity index (χ0v) is 75.6. The van der Waals surface area contributed by atoms with Crippen molar-refractivity contribution >= 4 is 65.0 Å². The van der Waals surface area contributed by atoms with Gasteiger partial charge in [-0.2, -0.15) is 0 Å². The minimum Gasteiger partial charge on any atom is -0.368 e. The summed E-state index contributed by atoms with van der Waals surface area (Å²) in [5.41, 5.74) is 11.2. The molecule has 6 aromatic carbocycles. The molecule has 125 heavy (non-hydrogen) atoms. The number of unbranched alkanes of at least 4 members (excludes halogenated alkanes) is 14. The summed E-state index contributed by atoms with van der Waals surface area (Å²) in [6.45, 7) is 2.91. The summed E-state index contributed by atoms with van der Waals surface area (Å²) in [5, 5.41) is 12.4. The summed E-state index contributed by atoms with van der Waals surface area (Å²) >= 11 is 0. The molecule has 0 unspecified atom stereocenters. The Morgan fingerprint density at radius 2 is 0.416 bits per heavy atom. The molecule has 0 fully saturated rings. The lowest BCUT2D eigenvalue weighted by atomic mass is 10.1. The van der Waals surface area contributed by atoms with Gasteiger partial charge in [-0.1, -0.05) is 286 Å². The van der Waals surface area contributed by atoms with E-state index in [0.717, 1.165) is 104 Å². The highest BCUT2D eigenvalue weighted by molar-refractivity contribution is 5.95. The summed E-state index contributed by atoms with van der Waals surface area (Å²) in [6.07, 6.45) is 18.4. The zero-order chi connectivity index (χ0) is 89.9. The molecule has 6 N–H and O–H groups in total. The Labute approximate surface area is 745 Å². The minimum absolute atomic E-state index is 0.00788. The van der Waals surface area contributed by atoms with E-state index in [2.05, 4.69) is 35.1 Å². The molecule has 0 aliphatic rings. The Bertz CT molecular complexity index is 4060. The second-order valence-electron chi connectivity index (χ2n) is 32.5. The van der Waals surface area contributed by atoms with Crippen LogP contribution in [0.1, 0.15) is 150 Å². The predicted octanol–water partition coefficient (Wildman–Crippen LogP) is 8.74. The van der Waals surface area contributed by atoms with Crippen molar-refractivity contribution in [3.05, 3.63) is 215 Å². The lowest BCUT2D eigenvalue weighted by Crippen LogP contribution is -2.54. The number of primary amides is 1. The molecule has 0 atom stereocenters. The first-order chi connectivity index (χ1) is 60.8. The van der Waals surface area contributed by atoms with Gasteiger partial charge in [-0.15, -0.1) is 0 Å². The van der Waals surface area contributed by atoms with Crippen molar-refractivity contribution in [2.45, 2.75) is 155 Å². The number of hydrogen-bond donors (Lipinski definition) is 5. The fourth-order valence-electron chi connectivity index (χ4n) is 14.8. The molecule has 0 bridgehead atoms. The number of carbonyl (C=O) groups excluding carboxylic acids is 11. The largest absolute Gasteiger partial charge is 0.368 e. The van der Waals surface area contributed by atoms with Gasteiger partial charge in [0, 0.05) is 91.6 Å². The van der Waals surface area contributed by atoms with E-state index in [1.54, 1.807) is 14.1 Å². The molecule has 6 aromatic rings.